The molecule has 2 aromatic heterocycles. The zero-order valence-electron chi connectivity index (χ0n) is 15.7. The number of carbonyl (C=O) groups excluding carboxylic acids is 1. The molecule has 2 heterocycles. The first-order chi connectivity index (χ1) is 12.8. The highest BCUT2D eigenvalue weighted by atomic mass is 16.2. The molecule has 0 saturated heterocycles. The van der Waals surface area contributed by atoms with E-state index in [2.05, 4.69) is 10.4 Å². The maximum atomic E-state index is 12.7. The lowest BCUT2D eigenvalue weighted by atomic mass is 10.2. The van der Waals surface area contributed by atoms with Crippen molar-refractivity contribution in [2.45, 2.75) is 13.8 Å². The van der Waals surface area contributed by atoms with E-state index < -0.39 is 17.2 Å². The van der Waals surface area contributed by atoms with Gasteiger partial charge in [0.2, 0.25) is 0 Å². The second kappa shape index (κ2) is 7.06. The van der Waals surface area contributed by atoms with Crippen LogP contribution >= 0.6 is 0 Å². The highest BCUT2D eigenvalue weighted by molar-refractivity contribution is 5.95. The quantitative estimate of drug-likeness (QED) is 0.698. The van der Waals surface area contributed by atoms with E-state index in [9.17, 15) is 14.4 Å². The van der Waals surface area contributed by atoms with Gasteiger partial charge in [-0.3, -0.25) is 29.2 Å². The summed E-state index contributed by atoms with van der Waals surface area (Å²) in [6.45, 7) is 4.47. The van der Waals surface area contributed by atoms with E-state index in [1.54, 1.807) is 5.01 Å². The second-order valence-electron chi connectivity index (χ2n) is 6.29. The molecule has 27 heavy (non-hydrogen) atoms. The number of nitrogens with one attached hydrogen (secondary N) is 1. The van der Waals surface area contributed by atoms with Crippen LogP contribution in [0.4, 0.5) is 5.69 Å². The number of fused-ring (bicyclic) bond motifs is 1. The molecular weight excluding hydrogens is 346 g/mol. The first kappa shape index (κ1) is 18.4. The third-order valence-electron chi connectivity index (χ3n) is 4.43. The molecule has 140 valence electrons. The molecule has 8 nitrogen and oxygen atoms in total. The standard InChI is InChI=1S/C19H21N5O3/c1-5-24(13-8-6-12(2)7-9-13)21-17(25)15-11-10-14-16(20-15)22(3)19(27)23(4)18(14)26/h6-11H,5H2,1-4H3,(H,21,25). The molecule has 0 saturated carbocycles. The van der Waals surface area contributed by atoms with Crippen molar-refractivity contribution >= 4 is 22.6 Å². The van der Waals surface area contributed by atoms with Gasteiger partial charge in [0.1, 0.15) is 11.3 Å². The summed E-state index contributed by atoms with van der Waals surface area (Å²) in [6, 6.07) is 10.8. The fraction of sp³-hybridized carbons (Fsp3) is 0.263. The van der Waals surface area contributed by atoms with E-state index in [4.69, 9.17) is 0 Å². The van der Waals surface area contributed by atoms with Gasteiger partial charge in [0, 0.05) is 20.6 Å². The Balaban J connectivity index is 1.97. The summed E-state index contributed by atoms with van der Waals surface area (Å²) in [5, 5.41) is 1.98. The maximum Gasteiger partial charge on any atom is 0.332 e. The Morgan fingerprint density at radius 2 is 1.74 bits per heavy atom. The van der Waals surface area contributed by atoms with Crippen LogP contribution < -0.4 is 21.7 Å². The largest absolute Gasteiger partial charge is 0.332 e. The van der Waals surface area contributed by atoms with E-state index in [0.29, 0.717) is 6.54 Å². The molecule has 0 fully saturated rings. The number of hydrogen-bond acceptors (Lipinski definition) is 5. The predicted octanol–water partition coefficient (Wildman–Crippen LogP) is 1.11. The van der Waals surface area contributed by atoms with Gasteiger partial charge in [-0.2, -0.15) is 0 Å². The minimum Gasteiger partial charge on any atom is -0.286 e. The zero-order valence-corrected chi connectivity index (χ0v) is 15.7. The maximum absolute atomic E-state index is 12.7. The minimum absolute atomic E-state index is 0.122. The van der Waals surface area contributed by atoms with Crippen LogP contribution in [0, 0.1) is 6.92 Å². The Morgan fingerprint density at radius 3 is 2.37 bits per heavy atom. The number of aryl methyl sites for hydroxylation is 2. The summed E-state index contributed by atoms with van der Waals surface area (Å²) in [4.78, 5) is 41.2. The van der Waals surface area contributed by atoms with Crippen molar-refractivity contribution in [1.29, 1.82) is 0 Å². The highest BCUT2D eigenvalue weighted by Gasteiger charge is 2.16. The number of anilines is 1. The number of pyridine rings is 1. The minimum atomic E-state index is -0.493. The highest BCUT2D eigenvalue weighted by Crippen LogP contribution is 2.13. The smallest absolute Gasteiger partial charge is 0.286 e. The number of hydrogen-bond donors (Lipinski definition) is 1. The first-order valence-corrected chi connectivity index (χ1v) is 8.55. The molecule has 1 N–H and O–H groups in total. The molecule has 0 spiro atoms. The average molecular weight is 367 g/mol. The van der Waals surface area contributed by atoms with Crippen LogP contribution in [-0.2, 0) is 14.1 Å². The van der Waals surface area contributed by atoms with Gasteiger partial charge in [0.25, 0.3) is 11.5 Å². The molecule has 1 amide bonds. The summed E-state index contributed by atoms with van der Waals surface area (Å²) < 4.78 is 2.27. The van der Waals surface area contributed by atoms with Gasteiger partial charge in [-0.1, -0.05) is 17.7 Å². The zero-order chi connectivity index (χ0) is 19.7. The molecule has 0 aliphatic rings. The lowest BCUT2D eigenvalue weighted by molar-refractivity contribution is 0.0944. The number of aromatic nitrogens is 3. The van der Waals surface area contributed by atoms with Crippen LogP contribution in [0.3, 0.4) is 0 Å². The van der Waals surface area contributed by atoms with Crippen molar-refractivity contribution in [2.75, 3.05) is 11.6 Å². The molecule has 0 aliphatic carbocycles. The van der Waals surface area contributed by atoms with Crippen LogP contribution in [0.5, 0.6) is 0 Å². The SMILES string of the molecule is CCN(NC(=O)c1ccc2c(=O)n(C)c(=O)n(C)c2n1)c1ccc(C)cc1. The summed E-state index contributed by atoms with van der Waals surface area (Å²) in [5.74, 6) is -0.424. The Kier molecular flexibility index (Phi) is 4.81. The van der Waals surface area contributed by atoms with Gasteiger partial charge < -0.3 is 0 Å². The summed E-state index contributed by atoms with van der Waals surface area (Å²) in [6.07, 6.45) is 0. The Morgan fingerprint density at radius 1 is 1.07 bits per heavy atom. The van der Waals surface area contributed by atoms with Crippen molar-refractivity contribution in [3.8, 4) is 0 Å². The fourth-order valence-corrected chi connectivity index (χ4v) is 2.81. The van der Waals surface area contributed by atoms with Crippen molar-refractivity contribution in [3.63, 3.8) is 0 Å². The van der Waals surface area contributed by atoms with Gasteiger partial charge >= 0.3 is 5.69 Å². The first-order valence-electron chi connectivity index (χ1n) is 8.55. The third-order valence-corrected chi connectivity index (χ3v) is 4.43. The van der Waals surface area contributed by atoms with Crippen LogP contribution in [0.25, 0.3) is 11.0 Å². The predicted molar refractivity (Wildman–Crippen MR) is 104 cm³/mol. The Labute approximate surface area is 155 Å². The number of nitrogens with zero attached hydrogens (tertiary/aromatic N) is 4. The molecule has 3 rings (SSSR count). The van der Waals surface area contributed by atoms with Crippen LogP contribution in [0.1, 0.15) is 23.0 Å². The van der Waals surface area contributed by atoms with E-state index >= 15 is 0 Å². The van der Waals surface area contributed by atoms with Crippen molar-refractivity contribution in [2.24, 2.45) is 14.1 Å². The molecule has 0 bridgehead atoms. The molecule has 0 unspecified atom stereocenters. The molecular formula is C19H21N5O3. The summed E-state index contributed by atoms with van der Waals surface area (Å²) in [5.41, 5.74) is 4.14. The fourth-order valence-electron chi connectivity index (χ4n) is 2.81. The molecule has 0 radical (unpaired) electrons. The average Bonchev–Trinajstić information content (AvgIpc) is 2.69. The van der Waals surface area contributed by atoms with Gasteiger partial charge in [0.15, 0.2) is 0 Å². The molecule has 0 atom stereocenters. The van der Waals surface area contributed by atoms with Crippen molar-refractivity contribution < 1.29 is 4.79 Å². The second-order valence-corrected chi connectivity index (χ2v) is 6.29. The van der Waals surface area contributed by atoms with Crippen molar-refractivity contribution in [1.82, 2.24) is 19.5 Å². The number of amides is 1. The van der Waals surface area contributed by atoms with Crippen molar-refractivity contribution in [3.05, 3.63) is 68.5 Å². The van der Waals surface area contributed by atoms with E-state index in [1.807, 2.05) is 38.1 Å². The normalized spacial score (nSPS) is 10.8. The lowest BCUT2D eigenvalue weighted by Gasteiger charge is -2.23. The Bertz CT molecular complexity index is 1130. The van der Waals surface area contributed by atoms with E-state index in [0.717, 1.165) is 15.8 Å². The molecule has 1 aromatic carbocycles. The molecule has 3 aromatic rings. The molecule has 0 aliphatic heterocycles. The number of benzene rings is 1. The number of rotatable bonds is 4. The third kappa shape index (κ3) is 3.33. The van der Waals surface area contributed by atoms with Gasteiger partial charge in [-0.15, -0.1) is 0 Å². The van der Waals surface area contributed by atoms with Gasteiger partial charge in [0.05, 0.1) is 11.1 Å². The van der Waals surface area contributed by atoms with Gasteiger partial charge in [-0.25, -0.2) is 9.78 Å². The monoisotopic (exact) mass is 367 g/mol. The van der Waals surface area contributed by atoms with E-state index in [1.165, 1.54) is 30.8 Å². The summed E-state index contributed by atoms with van der Waals surface area (Å²) >= 11 is 0. The van der Waals surface area contributed by atoms with Crippen LogP contribution in [-0.4, -0.2) is 26.6 Å². The van der Waals surface area contributed by atoms with Crippen LogP contribution in [0.2, 0.25) is 0 Å². The van der Waals surface area contributed by atoms with E-state index in [-0.39, 0.29) is 16.7 Å². The number of hydrazine groups is 1. The topological polar surface area (TPSA) is 89.2 Å². The summed E-state index contributed by atoms with van der Waals surface area (Å²) in [7, 11) is 2.93. The lowest BCUT2D eigenvalue weighted by Crippen LogP contribution is -2.43. The number of carbonyl (C=O) groups is 1. The Hall–Kier alpha value is -3.42. The van der Waals surface area contributed by atoms with Crippen LogP contribution in [0.15, 0.2) is 46.0 Å². The molecule has 8 heteroatoms. The van der Waals surface area contributed by atoms with Gasteiger partial charge in [-0.05, 0) is 38.1 Å².